The van der Waals surface area contributed by atoms with Crippen LogP contribution >= 0.6 is 0 Å². The predicted octanol–water partition coefficient (Wildman–Crippen LogP) is 1.22. The van der Waals surface area contributed by atoms with Crippen molar-refractivity contribution in [1.29, 1.82) is 0 Å². The average molecular weight is 288 g/mol. The van der Waals surface area contributed by atoms with Crippen LogP contribution in [0.1, 0.15) is 39.5 Å². The first-order valence-corrected chi connectivity index (χ1v) is 6.75. The van der Waals surface area contributed by atoms with Crippen molar-refractivity contribution in [3.8, 4) is 0 Å². The average Bonchev–Trinajstić information content (AvgIpc) is 2.35. The zero-order valence-electron chi connectivity index (χ0n) is 12.3. The van der Waals surface area contributed by atoms with E-state index in [9.17, 15) is 14.4 Å². The van der Waals surface area contributed by atoms with E-state index in [1.165, 1.54) is 4.90 Å². The number of hydrogen-bond acceptors (Lipinski definition) is 4. The van der Waals surface area contributed by atoms with Crippen molar-refractivity contribution in [2.75, 3.05) is 20.2 Å². The van der Waals surface area contributed by atoms with Crippen LogP contribution < -0.4 is 5.32 Å². The molecule has 0 bridgehead atoms. The van der Waals surface area contributed by atoms with Gasteiger partial charge in [0.2, 0.25) is 0 Å². The number of esters is 1. The predicted molar refractivity (Wildman–Crippen MR) is 73.4 cm³/mol. The van der Waals surface area contributed by atoms with E-state index in [1.54, 1.807) is 14.0 Å². The summed E-state index contributed by atoms with van der Waals surface area (Å²) < 4.78 is 4.78. The largest absolute Gasteiger partial charge is 0.481 e. The van der Waals surface area contributed by atoms with E-state index in [-0.39, 0.29) is 37.4 Å². The molecular formula is C13H24N2O5. The van der Waals surface area contributed by atoms with Crippen LogP contribution in [0.3, 0.4) is 0 Å². The highest BCUT2D eigenvalue weighted by atomic mass is 16.5. The molecule has 2 N–H and O–H groups in total. The van der Waals surface area contributed by atoms with Gasteiger partial charge in [-0.15, -0.1) is 0 Å². The molecular weight excluding hydrogens is 264 g/mol. The summed E-state index contributed by atoms with van der Waals surface area (Å²) in [6.07, 6.45) is 1.37. The van der Waals surface area contributed by atoms with Crippen molar-refractivity contribution in [2.45, 2.75) is 45.6 Å². The van der Waals surface area contributed by atoms with Crippen molar-refractivity contribution >= 4 is 18.0 Å². The van der Waals surface area contributed by atoms with Gasteiger partial charge < -0.3 is 20.1 Å². The van der Waals surface area contributed by atoms with Gasteiger partial charge in [-0.25, -0.2) is 4.79 Å². The summed E-state index contributed by atoms with van der Waals surface area (Å²) in [4.78, 5) is 34.7. The molecule has 1 unspecified atom stereocenters. The number of carbonyl (C=O) groups is 3. The second kappa shape index (κ2) is 10.1. The molecule has 7 nitrogen and oxygen atoms in total. The lowest BCUT2D eigenvalue weighted by atomic mass is 10.1. The van der Waals surface area contributed by atoms with Crippen molar-refractivity contribution in [3.63, 3.8) is 0 Å². The first kappa shape index (κ1) is 18.2. The molecule has 0 aromatic heterocycles. The highest BCUT2D eigenvalue weighted by Gasteiger charge is 2.13. The number of carboxylic acids is 1. The minimum Gasteiger partial charge on any atom is -0.481 e. The van der Waals surface area contributed by atoms with Gasteiger partial charge in [-0.1, -0.05) is 0 Å². The SMILES string of the molecule is CCOC(=O)CCN(C)C(=O)NC(C)CCCC(=O)O. The molecule has 116 valence electrons. The third-order valence-electron chi connectivity index (χ3n) is 2.70. The van der Waals surface area contributed by atoms with Gasteiger partial charge in [0, 0.05) is 26.1 Å². The van der Waals surface area contributed by atoms with E-state index in [2.05, 4.69) is 5.32 Å². The van der Waals surface area contributed by atoms with E-state index in [1.807, 2.05) is 6.92 Å². The third-order valence-corrected chi connectivity index (χ3v) is 2.70. The maximum atomic E-state index is 11.8. The van der Waals surface area contributed by atoms with E-state index >= 15 is 0 Å². The standard InChI is InChI=1S/C13H24N2O5/c1-4-20-12(18)8-9-15(3)13(19)14-10(2)6-5-7-11(16)17/h10H,4-9H2,1-3H3,(H,14,19)(H,16,17). The van der Waals surface area contributed by atoms with Gasteiger partial charge in [-0.3, -0.25) is 9.59 Å². The van der Waals surface area contributed by atoms with Gasteiger partial charge in [-0.2, -0.15) is 0 Å². The Morgan fingerprint density at radius 1 is 1.30 bits per heavy atom. The lowest BCUT2D eigenvalue weighted by Gasteiger charge is -2.21. The Kier molecular flexibility index (Phi) is 9.15. The van der Waals surface area contributed by atoms with Crippen molar-refractivity contribution in [2.24, 2.45) is 0 Å². The lowest BCUT2D eigenvalue weighted by molar-refractivity contribution is -0.143. The molecule has 0 saturated carbocycles. The van der Waals surface area contributed by atoms with E-state index < -0.39 is 5.97 Å². The molecule has 0 saturated heterocycles. The normalized spacial score (nSPS) is 11.6. The minimum absolute atomic E-state index is 0.0961. The Morgan fingerprint density at radius 3 is 2.50 bits per heavy atom. The summed E-state index contributed by atoms with van der Waals surface area (Å²) in [5, 5.41) is 11.3. The summed E-state index contributed by atoms with van der Waals surface area (Å²) in [5.74, 6) is -1.17. The van der Waals surface area contributed by atoms with Crippen LogP contribution in [0.5, 0.6) is 0 Å². The molecule has 0 radical (unpaired) electrons. The fourth-order valence-corrected chi connectivity index (χ4v) is 1.55. The van der Waals surface area contributed by atoms with Gasteiger partial charge in [0.25, 0.3) is 0 Å². The molecule has 0 aromatic rings. The van der Waals surface area contributed by atoms with Crippen molar-refractivity contribution < 1.29 is 24.2 Å². The number of hydrogen-bond donors (Lipinski definition) is 2. The fraction of sp³-hybridized carbons (Fsp3) is 0.769. The molecule has 7 heteroatoms. The minimum atomic E-state index is -0.838. The molecule has 20 heavy (non-hydrogen) atoms. The number of amides is 2. The van der Waals surface area contributed by atoms with Gasteiger partial charge in [0.15, 0.2) is 0 Å². The summed E-state index contributed by atoms with van der Waals surface area (Å²) in [5.41, 5.74) is 0. The number of rotatable bonds is 9. The lowest BCUT2D eigenvalue weighted by Crippen LogP contribution is -2.42. The van der Waals surface area contributed by atoms with Crippen LogP contribution in [-0.2, 0) is 14.3 Å². The molecule has 1 atom stereocenters. The van der Waals surface area contributed by atoms with E-state index in [0.717, 1.165) is 0 Å². The molecule has 0 rings (SSSR count). The number of carboxylic acid groups (broad SMARTS) is 1. The third kappa shape index (κ3) is 9.18. The molecule has 0 aliphatic carbocycles. The summed E-state index contributed by atoms with van der Waals surface area (Å²) in [7, 11) is 1.60. The zero-order chi connectivity index (χ0) is 15.5. The first-order chi connectivity index (χ1) is 9.36. The number of aliphatic carboxylic acids is 1. The number of nitrogens with one attached hydrogen (secondary N) is 1. The van der Waals surface area contributed by atoms with Gasteiger partial charge >= 0.3 is 18.0 Å². The van der Waals surface area contributed by atoms with Crippen LogP contribution in [0.25, 0.3) is 0 Å². The number of nitrogens with zero attached hydrogens (tertiary/aromatic N) is 1. The first-order valence-electron chi connectivity index (χ1n) is 6.75. The maximum absolute atomic E-state index is 11.8. The number of ether oxygens (including phenoxy) is 1. The Balaban J connectivity index is 3.88. The number of carbonyl (C=O) groups excluding carboxylic acids is 2. The molecule has 0 spiro atoms. The van der Waals surface area contributed by atoms with E-state index in [4.69, 9.17) is 9.84 Å². The van der Waals surface area contributed by atoms with Crippen LogP contribution in [0.4, 0.5) is 4.79 Å². The second-order valence-electron chi connectivity index (χ2n) is 4.61. The Bertz CT molecular complexity index is 333. The Hall–Kier alpha value is -1.79. The highest BCUT2D eigenvalue weighted by Crippen LogP contribution is 2.01. The maximum Gasteiger partial charge on any atom is 0.317 e. The summed E-state index contributed by atoms with van der Waals surface area (Å²) in [6.45, 7) is 4.16. The topological polar surface area (TPSA) is 95.9 Å². The monoisotopic (exact) mass is 288 g/mol. The highest BCUT2D eigenvalue weighted by molar-refractivity contribution is 5.75. The van der Waals surface area contributed by atoms with Crippen molar-refractivity contribution in [1.82, 2.24) is 10.2 Å². The zero-order valence-corrected chi connectivity index (χ0v) is 12.3. The van der Waals surface area contributed by atoms with E-state index in [0.29, 0.717) is 19.4 Å². The van der Waals surface area contributed by atoms with Crippen LogP contribution in [-0.4, -0.2) is 54.2 Å². The molecule has 0 aliphatic rings. The quantitative estimate of drug-likeness (QED) is 0.622. The molecule has 2 amide bonds. The Labute approximate surface area is 119 Å². The Morgan fingerprint density at radius 2 is 1.95 bits per heavy atom. The van der Waals surface area contributed by atoms with Gasteiger partial charge in [-0.05, 0) is 26.7 Å². The van der Waals surface area contributed by atoms with Gasteiger partial charge in [0.05, 0.1) is 13.0 Å². The summed E-state index contributed by atoms with van der Waals surface area (Å²) in [6, 6.07) is -0.385. The van der Waals surface area contributed by atoms with Gasteiger partial charge in [0.1, 0.15) is 0 Å². The molecule has 0 aliphatic heterocycles. The van der Waals surface area contributed by atoms with Crippen molar-refractivity contribution in [3.05, 3.63) is 0 Å². The number of urea groups is 1. The molecule has 0 fully saturated rings. The fourth-order valence-electron chi connectivity index (χ4n) is 1.55. The second-order valence-corrected chi connectivity index (χ2v) is 4.61. The molecule has 0 aromatic carbocycles. The van der Waals surface area contributed by atoms with Crippen LogP contribution in [0.15, 0.2) is 0 Å². The molecule has 0 heterocycles. The summed E-state index contributed by atoms with van der Waals surface area (Å²) >= 11 is 0. The van der Waals surface area contributed by atoms with Crippen LogP contribution in [0, 0.1) is 0 Å². The smallest absolute Gasteiger partial charge is 0.317 e. The van der Waals surface area contributed by atoms with Crippen LogP contribution in [0.2, 0.25) is 0 Å².